The average Bonchev–Trinajstić information content (AvgIpc) is 3.10. The van der Waals surface area contributed by atoms with E-state index in [2.05, 4.69) is 5.32 Å². The van der Waals surface area contributed by atoms with Crippen molar-refractivity contribution < 1.29 is 14.6 Å². The molecule has 1 aromatic heterocycles. The summed E-state index contributed by atoms with van der Waals surface area (Å²) in [6.45, 7) is 2.76. The van der Waals surface area contributed by atoms with Gasteiger partial charge in [-0.2, -0.15) is 0 Å². The van der Waals surface area contributed by atoms with Crippen molar-refractivity contribution in [1.29, 1.82) is 0 Å². The molecule has 0 saturated heterocycles. The molecule has 1 atom stereocenters. The van der Waals surface area contributed by atoms with Gasteiger partial charge in [-0.05, 0) is 30.7 Å². The van der Waals surface area contributed by atoms with Crippen LogP contribution in [-0.4, -0.2) is 22.7 Å². The van der Waals surface area contributed by atoms with Crippen molar-refractivity contribution in [2.75, 3.05) is 7.11 Å². The van der Waals surface area contributed by atoms with Crippen LogP contribution in [0.25, 0.3) is 10.9 Å². The lowest BCUT2D eigenvalue weighted by Gasteiger charge is -2.14. The summed E-state index contributed by atoms with van der Waals surface area (Å²) in [5.74, 6) is 0.402. The van der Waals surface area contributed by atoms with Gasteiger partial charge in [0.25, 0.3) is 5.91 Å². The molecular weight excluding hydrogens is 304 g/mol. The van der Waals surface area contributed by atoms with Gasteiger partial charge in [-0.1, -0.05) is 24.3 Å². The number of phenolic OH excluding ortho intramolecular Hbond substituents is 1. The zero-order chi connectivity index (χ0) is 16.8. The zero-order valence-electron chi connectivity index (χ0n) is 13.5. The van der Waals surface area contributed by atoms with Crippen LogP contribution in [0.3, 0.4) is 0 Å². The first-order valence-electron chi connectivity index (χ1n) is 7.94. The van der Waals surface area contributed by atoms with Gasteiger partial charge in [0.2, 0.25) is 0 Å². The maximum atomic E-state index is 12.6. The Balaban J connectivity index is 1.94. The summed E-state index contributed by atoms with van der Waals surface area (Å²) in [4.78, 5) is 12.6. The van der Waals surface area contributed by atoms with Gasteiger partial charge in [-0.25, -0.2) is 0 Å². The highest BCUT2D eigenvalue weighted by atomic mass is 16.5. The molecule has 1 aliphatic rings. The first-order chi connectivity index (χ1) is 11.7. The number of aromatic nitrogens is 1. The SMILES string of the molecule is CCn1c2c(c3ccccc31)C(c1ccc(OC)c(O)c1)NC2=O. The number of nitrogens with one attached hydrogen (secondary N) is 1. The Morgan fingerprint density at radius 2 is 2.04 bits per heavy atom. The van der Waals surface area contributed by atoms with E-state index >= 15 is 0 Å². The molecule has 2 aromatic carbocycles. The summed E-state index contributed by atoms with van der Waals surface area (Å²) < 4.78 is 7.15. The molecule has 2 N–H and O–H groups in total. The summed E-state index contributed by atoms with van der Waals surface area (Å²) >= 11 is 0. The number of aromatic hydroxyl groups is 1. The smallest absolute Gasteiger partial charge is 0.269 e. The summed E-state index contributed by atoms with van der Waals surface area (Å²) in [7, 11) is 1.51. The van der Waals surface area contributed by atoms with E-state index in [1.165, 1.54) is 7.11 Å². The number of para-hydroxylation sites is 1. The monoisotopic (exact) mass is 322 g/mol. The summed E-state index contributed by atoms with van der Waals surface area (Å²) in [5, 5.41) is 14.2. The third-order valence-corrected chi connectivity index (χ3v) is 4.64. The Bertz CT molecular complexity index is 959. The topological polar surface area (TPSA) is 63.5 Å². The Morgan fingerprint density at radius 3 is 2.75 bits per heavy atom. The zero-order valence-corrected chi connectivity index (χ0v) is 13.5. The standard InChI is InChI=1S/C19H18N2O3/c1-3-21-13-7-5-4-6-12(13)16-17(20-19(23)18(16)21)11-8-9-15(24-2)14(22)10-11/h4-10,17,22H,3H2,1-2H3,(H,20,23). The van der Waals surface area contributed by atoms with E-state index in [9.17, 15) is 9.90 Å². The van der Waals surface area contributed by atoms with Crippen LogP contribution in [0.5, 0.6) is 11.5 Å². The normalized spacial score (nSPS) is 16.2. The van der Waals surface area contributed by atoms with Crippen molar-refractivity contribution in [1.82, 2.24) is 9.88 Å². The number of rotatable bonds is 3. The van der Waals surface area contributed by atoms with Gasteiger partial charge in [0.05, 0.1) is 13.2 Å². The minimum Gasteiger partial charge on any atom is -0.504 e. The van der Waals surface area contributed by atoms with Gasteiger partial charge in [0.1, 0.15) is 5.69 Å². The van der Waals surface area contributed by atoms with Crippen LogP contribution in [0.4, 0.5) is 0 Å². The third kappa shape index (κ3) is 1.91. The molecule has 1 unspecified atom stereocenters. The van der Waals surface area contributed by atoms with Gasteiger partial charge < -0.3 is 19.7 Å². The second-order valence-corrected chi connectivity index (χ2v) is 5.86. The maximum absolute atomic E-state index is 12.6. The van der Waals surface area contributed by atoms with E-state index in [0.717, 1.165) is 28.6 Å². The Hall–Kier alpha value is -2.95. The van der Waals surface area contributed by atoms with Crippen LogP contribution in [0.2, 0.25) is 0 Å². The molecule has 0 saturated carbocycles. The number of hydrogen-bond acceptors (Lipinski definition) is 3. The van der Waals surface area contributed by atoms with Crippen molar-refractivity contribution in [3.8, 4) is 11.5 Å². The number of carbonyl (C=O) groups is 1. The van der Waals surface area contributed by atoms with Crippen LogP contribution < -0.4 is 10.1 Å². The number of hydrogen-bond donors (Lipinski definition) is 2. The van der Waals surface area contributed by atoms with E-state index in [1.54, 1.807) is 12.1 Å². The van der Waals surface area contributed by atoms with Gasteiger partial charge in [0.15, 0.2) is 11.5 Å². The number of nitrogens with zero attached hydrogens (tertiary/aromatic N) is 1. The number of amides is 1. The van der Waals surface area contributed by atoms with Crippen molar-refractivity contribution in [3.63, 3.8) is 0 Å². The van der Waals surface area contributed by atoms with E-state index in [1.807, 2.05) is 41.8 Å². The molecule has 0 bridgehead atoms. The Morgan fingerprint density at radius 1 is 1.25 bits per heavy atom. The van der Waals surface area contributed by atoms with Gasteiger partial charge in [-0.3, -0.25) is 4.79 Å². The van der Waals surface area contributed by atoms with Gasteiger partial charge in [-0.15, -0.1) is 0 Å². The molecule has 3 aromatic rings. The molecule has 5 nitrogen and oxygen atoms in total. The predicted octanol–water partition coefficient (Wildman–Crippen LogP) is 3.21. The molecule has 0 aliphatic carbocycles. The third-order valence-electron chi connectivity index (χ3n) is 4.64. The minimum atomic E-state index is -0.276. The summed E-state index contributed by atoms with van der Waals surface area (Å²) in [5.41, 5.74) is 3.57. The molecule has 24 heavy (non-hydrogen) atoms. The van der Waals surface area contributed by atoms with Gasteiger partial charge >= 0.3 is 0 Å². The molecule has 1 amide bonds. The lowest BCUT2D eigenvalue weighted by atomic mass is 9.98. The lowest BCUT2D eigenvalue weighted by molar-refractivity contribution is 0.0952. The highest BCUT2D eigenvalue weighted by Crippen LogP contribution is 2.40. The Labute approximate surface area is 139 Å². The molecule has 122 valence electrons. The van der Waals surface area contributed by atoms with E-state index in [-0.39, 0.29) is 17.7 Å². The van der Waals surface area contributed by atoms with E-state index < -0.39 is 0 Å². The molecule has 1 aliphatic heterocycles. The number of carbonyl (C=O) groups excluding carboxylic acids is 1. The average molecular weight is 322 g/mol. The second kappa shape index (κ2) is 5.30. The number of ether oxygens (including phenoxy) is 1. The van der Waals surface area contributed by atoms with E-state index in [0.29, 0.717) is 11.4 Å². The Kier molecular flexibility index (Phi) is 3.23. The highest BCUT2D eigenvalue weighted by molar-refractivity contribution is 6.06. The van der Waals surface area contributed by atoms with Crippen LogP contribution in [0.15, 0.2) is 42.5 Å². The van der Waals surface area contributed by atoms with Crippen molar-refractivity contribution >= 4 is 16.8 Å². The van der Waals surface area contributed by atoms with Crippen molar-refractivity contribution in [2.45, 2.75) is 19.5 Å². The molecule has 0 spiro atoms. The molecule has 5 heteroatoms. The molecular formula is C19H18N2O3. The van der Waals surface area contributed by atoms with Crippen molar-refractivity contribution in [2.24, 2.45) is 0 Å². The number of methoxy groups -OCH3 is 1. The minimum absolute atomic E-state index is 0.0666. The fourth-order valence-corrected chi connectivity index (χ4v) is 3.60. The number of phenols is 1. The molecule has 0 radical (unpaired) electrons. The van der Waals surface area contributed by atoms with Crippen LogP contribution >= 0.6 is 0 Å². The number of benzene rings is 2. The van der Waals surface area contributed by atoms with Crippen LogP contribution in [-0.2, 0) is 6.54 Å². The molecule has 2 heterocycles. The lowest BCUT2D eigenvalue weighted by Crippen LogP contribution is -2.22. The quantitative estimate of drug-likeness (QED) is 0.778. The fraction of sp³-hybridized carbons (Fsp3) is 0.211. The first-order valence-corrected chi connectivity index (χ1v) is 7.94. The number of fused-ring (bicyclic) bond motifs is 3. The second-order valence-electron chi connectivity index (χ2n) is 5.86. The van der Waals surface area contributed by atoms with Crippen molar-refractivity contribution in [3.05, 3.63) is 59.3 Å². The number of aryl methyl sites for hydroxylation is 1. The largest absolute Gasteiger partial charge is 0.504 e. The summed E-state index contributed by atoms with van der Waals surface area (Å²) in [6, 6.07) is 13.0. The predicted molar refractivity (Wildman–Crippen MR) is 91.6 cm³/mol. The first kappa shape index (κ1) is 14.6. The maximum Gasteiger partial charge on any atom is 0.269 e. The van der Waals surface area contributed by atoms with Gasteiger partial charge in [0, 0.05) is 23.0 Å². The van der Waals surface area contributed by atoms with Crippen LogP contribution in [0.1, 0.15) is 34.6 Å². The fourth-order valence-electron chi connectivity index (χ4n) is 3.60. The molecule has 4 rings (SSSR count). The summed E-state index contributed by atoms with van der Waals surface area (Å²) in [6.07, 6.45) is 0. The highest BCUT2D eigenvalue weighted by Gasteiger charge is 2.36. The van der Waals surface area contributed by atoms with E-state index in [4.69, 9.17) is 4.74 Å². The molecule has 0 fully saturated rings. The van der Waals surface area contributed by atoms with Crippen LogP contribution in [0, 0.1) is 0 Å².